The SMILES string of the molecule is Nc1ccc2nc(CCC(F)(F)F)sc2c1. The second kappa shape index (κ2) is 3.93. The molecule has 1 aromatic heterocycles. The Morgan fingerprint density at radius 1 is 1.31 bits per heavy atom. The Morgan fingerprint density at radius 2 is 2.06 bits per heavy atom. The number of rotatable bonds is 2. The third-order valence-corrected chi connectivity index (χ3v) is 3.16. The van der Waals surface area contributed by atoms with E-state index in [2.05, 4.69) is 4.98 Å². The normalized spacial score (nSPS) is 12.2. The summed E-state index contributed by atoms with van der Waals surface area (Å²) in [5, 5.41) is 0.498. The van der Waals surface area contributed by atoms with Gasteiger partial charge in [0.1, 0.15) is 0 Å². The molecule has 0 saturated heterocycles. The van der Waals surface area contributed by atoms with Crippen LogP contribution >= 0.6 is 11.3 Å². The van der Waals surface area contributed by atoms with Gasteiger partial charge in [-0.3, -0.25) is 0 Å². The third kappa shape index (κ3) is 2.63. The summed E-state index contributed by atoms with van der Waals surface area (Å²) in [4.78, 5) is 4.12. The van der Waals surface area contributed by atoms with E-state index in [4.69, 9.17) is 5.73 Å². The first-order valence-corrected chi connectivity index (χ1v) is 5.47. The molecule has 1 aromatic carbocycles. The second-order valence-electron chi connectivity index (χ2n) is 3.45. The number of aryl methyl sites for hydroxylation is 1. The van der Waals surface area contributed by atoms with Crippen LogP contribution in [0.15, 0.2) is 18.2 Å². The van der Waals surface area contributed by atoms with E-state index < -0.39 is 12.6 Å². The van der Waals surface area contributed by atoms with E-state index in [1.165, 1.54) is 11.3 Å². The molecule has 0 radical (unpaired) electrons. The van der Waals surface area contributed by atoms with Gasteiger partial charge < -0.3 is 5.73 Å². The Balaban J connectivity index is 2.20. The number of fused-ring (bicyclic) bond motifs is 1. The fraction of sp³-hybridized carbons (Fsp3) is 0.300. The van der Waals surface area contributed by atoms with Crippen LogP contribution in [0.1, 0.15) is 11.4 Å². The zero-order valence-corrected chi connectivity index (χ0v) is 9.03. The molecular weight excluding hydrogens is 237 g/mol. The topological polar surface area (TPSA) is 38.9 Å². The van der Waals surface area contributed by atoms with Crippen molar-refractivity contribution in [1.29, 1.82) is 0 Å². The zero-order chi connectivity index (χ0) is 11.8. The number of thiazole rings is 1. The van der Waals surface area contributed by atoms with Crippen LogP contribution in [0.5, 0.6) is 0 Å². The van der Waals surface area contributed by atoms with Crippen molar-refractivity contribution in [3.05, 3.63) is 23.2 Å². The van der Waals surface area contributed by atoms with Crippen LogP contribution in [-0.2, 0) is 6.42 Å². The van der Waals surface area contributed by atoms with Gasteiger partial charge in [0.15, 0.2) is 0 Å². The number of aromatic nitrogens is 1. The molecule has 0 aliphatic carbocycles. The summed E-state index contributed by atoms with van der Waals surface area (Å²) in [5.41, 5.74) is 6.88. The standard InChI is InChI=1S/C10H9F3N2S/c11-10(12,13)4-3-9-15-7-2-1-6(14)5-8(7)16-9/h1-2,5H,3-4,14H2. The number of benzene rings is 1. The first-order valence-electron chi connectivity index (χ1n) is 4.66. The highest BCUT2D eigenvalue weighted by atomic mass is 32.1. The van der Waals surface area contributed by atoms with Crippen molar-refractivity contribution in [2.45, 2.75) is 19.0 Å². The van der Waals surface area contributed by atoms with Gasteiger partial charge in [0, 0.05) is 18.5 Å². The number of nitrogen functional groups attached to an aromatic ring is 1. The lowest BCUT2D eigenvalue weighted by Gasteiger charge is -2.02. The summed E-state index contributed by atoms with van der Waals surface area (Å²) in [7, 11) is 0. The average molecular weight is 246 g/mol. The predicted octanol–water partition coefficient (Wildman–Crippen LogP) is 3.37. The molecule has 0 spiro atoms. The maximum Gasteiger partial charge on any atom is 0.389 e. The van der Waals surface area contributed by atoms with E-state index >= 15 is 0 Å². The summed E-state index contributed by atoms with van der Waals surface area (Å²) >= 11 is 1.26. The van der Waals surface area contributed by atoms with E-state index in [0.717, 1.165) is 4.70 Å². The summed E-state index contributed by atoms with van der Waals surface area (Å²) in [6.07, 6.45) is -5.03. The second-order valence-corrected chi connectivity index (χ2v) is 4.57. The molecule has 0 unspecified atom stereocenters. The van der Waals surface area contributed by atoms with E-state index in [1.807, 2.05) is 0 Å². The lowest BCUT2D eigenvalue weighted by atomic mass is 10.3. The van der Waals surface area contributed by atoms with Gasteiger partial charge in [0.2, 0.25) is 0 Å². The number of nitrogens with two attached hydrogens (primary N) is 1. The zero-order valence-electron chi connectivity index (χ0n) is 8.21. The van der Waals surface area contributed by atoms with Crippen molar-refractivity contribution in [2.24, 2.45) is 0 Å². The van der Waals surface area contributed by atoms with Crippen LogP contribution in [0.3, 0.4) is 0 Å². The highest BCUT2D eigenvalue weighted by Crippen LogP contribution is 2.28. The van der Waals surface area contributed by atoms with E-state index in [1.54, 1.807) is 18.2 Å². The highest BCUT2D eigenvalue weighted by molar-refractivity contribution is 7.18. The molecule has 2 N–H and O–H groups in total. The molecule has 0 bridgehead atoms. The molecule has 0 saturated carbocycles. The van der Waals surface area contributed by atoms with Crippen LogP contribution < -0.4 is 5.73 Å². The molecule has 2 nitrogen and oxygen atoms in total. The van der Waals surface area contributed by atoms with Gasteiger partial charge >= 0.3 is 6.18 Å². The minimum absolute atomic E-state index is 0.0667. The highest BCUT2D eigenvalue weighted by Gasteiger charge is 2.27. The van der Waals surface area contributed by atoms with Gasteiger partial charge in [0.05, 0.1) is 15.2 Å². The summed E-state index contributed by atoms with van der Waals surface area (Å²) in [6.45, 7) is 0. The van der Waals surface area contributed by atoms with Crippen LogP contribution in [0, 0.1) is 0 Å². The van der Waals surface area contributed by atoms with Crippen LogP contribution in [-0.4, -0.2) is 11.2 Å². The first-order chi connectivity index (χ1) is 7.44. The number of nitrogens with zero attached hydrogens (tertiary/aromatic N) is 1. The summed E-state index contributed by atoms with van der Waals surface area (Å²) < 4.78 is 36.9. The van der Waals surface area contributed by atoms with Gasteiger partial charge in [-0.2, -0.15) is 13.2 Å². The van der Waals surface area contributed by atoms with Gasteiger partial charge in [0.25, 0.3) is 0 Å². The fourth-order valence-corrected chi connectivity index (χ4v) is 2.36. The Morgan fingerprint density at radius 3 is 2.75 bits per heavy atom. The van der Waals surface area contributed by atoms with Gasteiger partial charge in [-0.25, -0.2) is 4.98 Å². The monoisotopic (exact) mass is 246 g/mol. The number of alkyl halides is 3. The molecule has 1 heterocycles. The molecule has 16 heavy (non-hydrogen) atoms. The summed E-state index contributed by atoms with van der Waals surface area (Å²) in [5.74, 6) is 0. The van der Waals surface area contributed by atoms with Gasteiger partial charge in [-0.1, -0.05) is 0 Å². The smallest absolute Gasteiger partial charge is 0.389 e. The van der Waals surface area contributed by atoms with E-state index in [9.17, 15) is 13.2 Å². The Labute approximate surface area is 93.9 Å². The average Bonchev–Trinajstić information content (AvgIpc) is 2.55. The van der Waals surface area contributed by atoms with E-state index in [-0.39, 0.29) is 6.42 Å². The molecule has 2 aromatic rings. The number of hydrogen-bond acceptors (Lipinski definition) is 3. The van der Waals surface area contributed by atoms with Gasteiger partial charge in [-0.15, -0.1) is 11.3 Å². The first kappa shape index (κ1) is 11.2. The van der Waals surface area contributed by atoms with Crippen molar-refractivity contribution < 1.29 is 13.2 Å². The molecule has 0 aliphatic heterocycles. The lowest BCUT2D eigenvalue weighted by Crippen LogP contribution is -2.08. The van der Waals surface area contributed by atoms with Crippen LogP contribution in [0.4, 0.5) is 18.9 Å². The van der Waals surface area contributed by atoms with Gasteiger partial charge in [-0.05, 0) is 18.2 Å². The van der Waals surface area contributed by atoms with Crippen molar-refractivity contribution in [3.8, 4) is 0 Å². The fourth-order valence-electron chi connectivity index (χ4n) is 1.34. The van der Waals surface area contributed by atoms with Crippen LogP contribution in [0.2, 0.25) is 0 Å². The molecular formula is C10H9F3N2S. The number of hydrogen-bond donors (Lipinski definition) is 1. The van der Waals surface area contributed by atoms with Crippen molar-refractivity contribution in [2.75, 3.05) is 5.73 Å². The lowest BCUT2D eigenvalue weighted by molar-refractivity contribution is -0.133. The maximum atomic E-state index is 12.0. The van der Waals surface area contributed by atoms with Crippen molar-refractivity contribution in [3.63, 3.8) is 0 Å². The van der Waals surface area contributed by atoms with E-state index in [0.29, 0.717) is 16.2 Å². The predicted molar refractivity (Wildman–Crippen MR) is 58.4 cm³/mol. The Kier molecular flexibility index (Phi) is 2.75. The number of halogens is 3. The minimum atomic E-state index is -4.13. The molecule has 0 fully saturated rings. The molecule has 0 aliphatic rings. The Hall–Kier alpha value is -1.30. The molecule has 0 amide bonds. The summed E-state index contributed by atoms with van der Waals surface area (Å²) in [6, 6.07) is 5.14. The quantitative estimate of drug-likeness (QED) is 0.825. The Bertz CT molecular complexity index is 504. The van der Waals surface area contributed by atoms with Crippen molar-refractivity contribution >= 4 is 27.2 Å². The molecule has 0 atom stereocenters. The molecule has 86 valence electrons. The maximum absolute atomic E-state index is 12.0. The number of anilines is 1. The van der Waals surface area contributed by atoms with Crippen molar-refractivity contribution in [1.82, 2.24) is 4.98 Å². The minimum Gasteiger partial charge on any atom is -0.399 e. The third-order valence-electron chi connectivity index (χ3n) is 2.08. The molecule has 2 rings (SSSR count). The van der Waals surface area contributed by atoms with Crippen LogP contribution in [0.25, 0.3) is 10.2 Å². The largest absolute Gasteiger partial charge is 0.399 e. The molecule has 6 heteroatoms.